The van der Waals surface area contributed by atoms with Crippen molar-refractivity contribution in [2.45, 2.75) is 25.3 Å². The second-order valence-electron chi connectivity index (χ2n) is 6.23. The van der Waals surface area contributed by atoms with E-state index in [0.29, 0.717) is 18.3 Å². The summed E-state index contributed by atoms with van der Waals surface area (Å²) >= 11 is 0. The predicted octanol–water partition coefficient (Wildman–Crippen LogP) is 2.82. The van der Waals surface area contributed by atoms with Crippen molar-refractivity contribution in [3.8, 4) is 11.4 Å². The van der Waals surface area contributed by atoms with Gasteiger partial charge in [-0.2, -0.15) is 4.98 Å². The van der Waals surface area contributed by atoms with Crippen molar-refractivity contribution in [3.05, 3.63) is 65.8 Å². The zero-order chi connectivity index (χ0) is 17.2. The Morgan fingerprint density at radius 2 is 2.04 bits per heavy atom. The Bertz CT molecular complexity index is 891. The minimum Gasteiger partial charge on any atom is -0.337 e. The molecular formula is C19H18N4O2. The number of hydrogen-bond acceptors (Lipinski definition) is 5. The number of aryl methyl sites for hydroxylation is 1. The van der Waals surface area contributed by atoms with Gasteiger partial charge >= 0.3 is 0 Å². The molecule has 1 atom stereocenters. The highest BCUT2D eigenvalue weighted by atomic mass is 16.5. The second kappa shape index (κ2) is 6.47. The Labute approximate surface area is 145 Å². The van der Waals surface area contributed by atoms with Crippen molar-refractivity contribution in [2.24, 2.45) is 0 Å². The molecule has 0 aliphatic heterocycles. The molecule has 6 nitrogen and oxygen atoms in total. The number of rotatable bonds is 4. The van der Waals surface area contributed by atoms with Crippen LogP contribution >= 0.6 is 0 Å². The van der Waals surface area contributed by atoms with Gasteiger partial charge in [0.2, 0.25) is 17.6 Å². The highest BCUT2D eigenvalue weighted by Gasteiger charge is 2.30. The van der Waals surface area contributed by atoms with E-state index in [1.807, 2.05) is 30.3 Å². The number of carbonyl (C=O) groups excluding carboxylic acids is 1. The van der Waals surface area contributed by atoms with Gasteiger partial charge < -0.3 is 9.42 Å². The number of nitrogens with zero attached hydrogens (tertiary/aromatic N) is 4. The summed E-state index contributed by atoms with van der Waals surface area (Å²) in [6.07, 6.45) is 5.17. The fourth-order valence-corrected chi connectivity index (χ4v) is 3.30. The first-order chi connectivity index (χ1) is 12.2. The molecule has 0 unspecified atom stereocenters. The van der Waals surface area contributed by atoms with E-state index < -0.39 is 0 Å². The number of pyridine rings is 1. The lowest BCUT2D eigenvalue weighted by molar-refractivity contribution is -0.132. The van der Waals surface area contributed by atoms with Gasteiger partial charge in [0.15, 0.2) is 0 Å². The highest BCUT2D eigenvalue weighted by molar-refractivity contribution is 5.84. The van der Waals surface area contributed by atoms with Gasteiger partial charge in [-0.15, -0.1) is 0 Å². The van der Waals surface area contributed by atoms with Crippen LogP contribution in [0.4, 0.5) is 0 Å². The predicted molar refractivity (Wildman–Crippen MR) is 91.5 cm³/mol. The molecule has 25 heavy (non-hydrogen) atoms. The highest BCUT2D eigenvalue weighted by Crippen LogP contribution is 2.34. The van der Waals surface area contributed by atoms with Crippen molar-refractivity contribution in [2.75, 3.05) is 7.05 Å². The fourth-order valence-electron chi connectivity index (χ4n) is 3.30. The van der Waals surface area contributed by atoms with Crippen molar-refractivity contribution in [3.63, 3.8) is 0 Å². The van der Waals surface area contributed by atoms with Gasteiger partial charge in [0, 0.05) is 25.0 Å². The molecular weight excluding hydrogens is 316 g/mol. The quantitative estimate of drug-likeness (QED) is 0.733. The molecule has 0 spiro atoms. The smallest absolute Gasteiger partial charge is 0.246 e. The summed E-state index contributed by atoms with van der Waals surface area (Å²) in [6.45, 7) is 0.301. The largest absolute Gasteiger partial charge is 0.337 e. The van der Waals surface area contributed by atoms with Crippen LogP contribution in [-0.4, -0.2) is 33.0 Å². The van der Waals surface area contributed by atoms with Crippen LogP contribution in [0, 0.1) is 0 Å². The number of hydrogen-bond donors (Lipinski definition) is 0. The van der Waals surface area contributed by atoms with E-state index in [-0.39, 0.29) is 11.8 Å². The van der Waals surface area contributed by atoms with Crippen LogP contribution in [0.15, 0.2) is 53.3 Å². The summed E-state index contributed by atoms with van der Waals surface area (Å²) in [4.78, 5) is 22.8. The van der Waals surface area contributed by atoms with Gasteiger partial charge in [-0.25, -0.2) is 0 Å². The molecule has 126 valence electrons. The normalized spacial score (nSPS) is 15.8. The molecule has 0 saturated heterocycles. The number of benzene rings is 1. The lowest BCUT2D eigenvalue weighted by Gasteiger charge is -2.20. The van der Waals surface area contributed by atoms with Gasteiger partial charge in [-0.1, -0.05) is 29.4 Å². The van der Waals surface area contributed by atoms with E-state index in [1.165, 1.54) is 5.56 Å². The van der Waals surface area contributed by atoms with Crippen molar-refractivity contribution >= 4 is 5.91 Å². The summed E-state index contributed by atoms with van der Waals surface area (Å²) in [5.74, 6) is 0.941. The maximum absolute atomic E-state index is 12.8. The van der Waals surface area contributed by atoms with Gasteiger partial charge in [0.05, 0.1) is 12.5 Å². The van der Waals surface area contributed by atoms with Crippen LogP contribution < -0.4 is 0 Å². The average molecular weight is 334 g/mol. The molecule has 3 aromatic rings. The Morgan fingerprint density at radius 3 is 2.88 bits per heavy atom. The molecule has 1 aromatic carbocycles. The van der Waals surface area contributed by atoms with Gasteiger partial charge in [0.25, 0.3) is 0 Å². The van der Waals surface area contributed by atoms with Crippen LogP contribution in [0.3, 0.4) is 0 Å². The third kappa shape index (κ3) is 3.03. The van der Waals surface area contributed by atoms with Crippen LogP contribution in [-0.2, 0) is 17.8 Å². The molecule has 1 aliphatic carbocycles. The number of aromatic nitrogens is 3. The third-order valence-electron chi connectivity index (χ3n) is 4.59. The van der Waals surface area contributed by atoms with E-state index >= 15 is 0 Å². The summed E-state index contributed by atoms with van der Waals surface area (Å²) in [7, 11) is 1.78. The third-order valence-corrected chi connectivity index (χ3v) is 4.59. The topological polar surface area (TPSA) is 72.1 Å². The Morgan fingerprint density at radius 1 is 1.24 bits per heavy atom. The van der Waals surface area contributed by atoms with Gasteiger partial charge in [-0.05, 0) is 36.1 Å². The van der Waals surface area contributed by atoms with Crippen LogP contribution in [0.2, 0.25) is 0 Å². The van der Waals surface area contributed by atoms with E-state index in [4.69, 9.17) is 4.52 Å². The summed E-state index contributed by atoms with van der Waals surface area (Å²) < 4.78 is 5.30. The number of amides is 1. The summed E-state index contributed by atoms with van der Waals surface area (Å²) in [6, 6.07) is 11.8. The van der Waals surface area contributed by atoms with Crippen molar-refractivity contribution < 1.29 is 9.32 Å². The minimum absolute atomic E-state index is 0.0798. The standard InChI is InChI=1S/C19H18N4O2/c1-23(19(24)16-7-6-13-4-2-3-5-15(13)16)12-17-21-18(22-25-17)14-8-10-20-11-9-14/h2-5,8-11,16H,6-7,12H2,1H3/t16-/m1/s1. The molecule has 0 bridgehead atoms. The van der Waals surface area contributed by atoms with Gasteiger partial charge in [-0.3, -0.25) is 9.78 Å². The maximum atomic E-state index is 12.8. The number of carbonyl (C=O) groups is 1. The molecule has 1 amide bonds. The first-order valence-corrected chi connectivity index (χ1v) is 8.28. The van der Waals surface area contributed by atoms with E-state index in [1.54, 1.807) is 24.3 Å². The van der Waals surface area contributed by atoms with Crippen molar-refractivity contribution in [1.82, 2.24) is 20.0 Å². The first-order valence-electron chi connectivity index (χ1n) is 8.28. The summed E-state index contributed by atoms with van der Waals surface area (Å²) in [5, 5.41) is 3.98. The SMILES string of the molecule is CN(Cc1nc(-c2ccncc2)no1)C(=O)[C@@H]1CCc2ccccc21. The van der Waals surface area contributed by atoms with Crippen LogP contribution in [0.5, 0.6) is 0 Å². The number of fused-ring (bicyclic) bond motifs is 1. The Kier molecular flexibility index (Phi) is 4.01. The maximum Gasteiger partial charge on any atom is 0.246 e. The van der Waals surface area contributed by atoms with Crippen LogP contribution in [0.1, 0.15) is 29.4 Å². The van der Waals surface area contributed by atoms with E-state index in [9.17, 15) is 4.79 Å². The summed E-state index contributed by atoms with van der Waals surface area (Å²) in [5.41, 5.74) is 3.25. The van der Waals surface area contributed by atoms with Gasteiger partial charge in [0.1, 0.15) is 0 Å². The lowest BCUT2D eigenvalue weighted by atomic mass is 10.00. The first kappa shape index (κ1) is 15.5. The zero-order valence-electron chi connectivity index (χ0n) is 13.9. The fraction of sp³-hybridized carbons (Fsp3) is 0.263. The Hall–Kier alpha value is -3.02. The average Bonchev–Trinajstić information content (AvgIpc) is 3.29. The number of likely N-dealkylation sites (N-methyl/N-ethyl adjacent to an activating group) is 1. The monoisotopic (exact) mass is 334 g/mol. The molecule has 6 heteroatoms. The lowest BCUT2D eigenvalue weighted by Crippen LogP contribution is -2.30. The molecule has 1 aliphatic rings. The van der Waals surface area contributed by atoms with Crippen LogP contribution in [0.25, 0.3) is 11.4 Å². The zero-order valence-corrected chi connectivity index (χ0v) is 13.9. The van der Waals surface area contributed by atoms with Crippen molar-refractivity contribution in [1.29, 1.82) is 0 Å². The van der Waals surface area contributed by atoms with E-state index in [2.05, 4.69) is 21.2 Å². The molecule has 2 heterocycles. The molecule has 0 N–H and O–H groups in total. The molecule has 2 aromatic heterocycles. The minimum atomic E-state index is -0.0798. The molecule has 0 saturated carbocycles. The Balaban J connectivity index is 1.47. The second-order valence-corrected chi connectivity index (χ2v) is 6.23. The molecule has 4 rings (SSSR count). The molecule has 0 radical (unpaired) electrons. The van der Waals surface area contributed by atoms with E-state index in [0.717, 1.165) is 24.0 Å². The molecule has 0 fully saturated rings.